The second-order valence-corrected chi connectivity index (χ2v) is 8.88. The monoisotopic (exact) mass is 457 g/mol. The first-order chi connectivity index (χ1) is 16.3. The van der Waals surface area contributed by atoms with Gasteiger partial charge in [0, 0.05) is 61.0 Å². The number of amides is 1. The minimum atomic E-state index is -0.0822. The zero-order valence-electron chi connectivity index (χ0n) is 18.9. The Hall–Kier alpha value is -3.38. The van der Waals surface area contributed by atoms with Gasteiger partial charge in [0.05, 0.1) is 6.33 Å². The lowest BCUT2D eigenvalue weighted by Gasteiger charge is -2.17. The molecule has 1 atom stereocenters. The number of likely N-dealkylation sites (tertiary alicyclic amines) is 1. The van der Waals surface area contributed by atoms with Crippen molar-refractivity contribution in [3.05, 3.63) is 90.1 Å². The number of nitrogens with one attached hydrogen (secondary N) is 2. The quantitative estimate of drug-likeness (QED) is 0.380. The normalized spacial score (nSPS) is 14.7. The lowest BCUT2D eigenvalue weighted by atomic mass is 9.92. The van der Waals surface area contributed by atoms with E-state index in [1.54, 1.807) is 6.33 Å². The van der Waals surface area contributed by atoms with Crippen LogP contribution in [0.15, 0.2) is 73.3 Å². The number of carbonyl (C=O) groups excluding carboxylic acids is 1. The van der Waals surface area contributed by atoms with E-state index in [-0.39, 0.29) is 19.3 Å². The Bertz CT molecular complexity index is 1180. The van der Waals surface area contributed by atoms with Crippen molar-refractivity contribution in [3.8, 4) is 0 Å². The maximum atomic E-state index is 13.0. The summed E-state index contributed by atoms with van der Waals surface area (Å²) in [6, 6.07) is 18.9. The fraction of sp³-hybridized carbons (Fsp3) is 0.357. The van der Waals surface area contributed by atoms with Crippen LogP contribution in [-0.2, 0) is 11.3 Å². The first kappa shape index (κ1) is 23.8. The van der Waals surface area contributed by atoms with E-state index in [4.69, 9.17) is 0 Å². The number of rotatable bonds is 9. The van der Waals surface area contributed by atoms with Gasteiger partial charge in [-0.3, -0.25) is 4.79 Å². The van der Waals surface area contributed by atoms with Crippen molar-refractivity contribution >= 4 is 16.8 Å². The second kappa shape index (κ2) is 11.2. The Balaban J connectivity index is 0.00000274. The molecule has 0 radical (unpaired) electrons. The summed E-state index contributed by atoms with van der Waals surface area (Å²) in [5, 5.41) is 4.32. The van der Waals surface area contributed by atoms with Gasteiger partial charge >= 0.3 is 0 Å². The van der Waals surface area contributed by atoms with Crippen molar-refractivity contribution in [1.82, 2.24) is 24.8 Å². The van der Waals surface area contributed by atoms with Crippen molar-refractivity contribution in [1.29, 1.82) is 0 Å². The van der Waals surface area contributed by atoms with E-state index >= 15 is 0 Å². The number of nitrogens with zero attached hydrogens (tertiary/aromatic N) is 3. The molecule has 0 aliphatic carbocycles. The maximum Gasteiger partial charge on any atom is 0.221 e. The summed E-state index contributed by atoms with van der Waals surface area (Å²) in [5.74, 6) is -0.00472. The molecule has 34 heavy (non-hydrogen) atoms. The van der Waals surface area contributed by atoms with Gasteiger partial charge in [0.25, 0.3) is 0 Å². The fourth-order valence-electron chi connectivity index (χ4n) is 4.93. The molecule has 6 heteroatoms. The smallest absolute Gasteiger partial charge is 0.221 e. The van der Waals surface area contributed by atoms with Crippen molar-refractivity contribution in [2.24, 2.45) is 0 Å². The predicted molar refractivity (Wildman–Crippen MR) is 138 cm³/mol. The van der Waals surface area contributed by atoms with Crippen molar-refractivity contribution < 1.29 is 4.79 Å². The summed E-state index contributed by atoms with van der Waals surface area (Å²) in [5.41, 5.74) is 4.55. The van der Waals surface area contributed by atoms with Gasteiger partial charge in [0.1, 0.15) is 0 Å². The maximum absolute atomic E-state index is 13.0. The standard InChI is InChI=1S/C27H31N5O.CH4/c33-27(29-12-15-31-13-6-7-14-31)16-23(25-17-28-20-30-25)24-19-32(18-21-8-2-1-3-9-21)26-11-5-4-10-22(24)26;/h1-5,8-11,17,19-20,23H,6-7,12-16,18H2,(H,28,30)(H,29,33);1H4. The molecule has 0 saturated carbocycles. The van der Waals surface area contributed by atoms with Crippen LogP contribution in [0.4, 0.5) is 0 Å². The van der Waals surface area contributed by atoms with Crippen molar-refractivity contribution in [2.45, 2.75) is 39.2 Å². The molecule has 5 rings (SSSR count). The van der Waals surface area contributed by atoms with Crippen LogP contribution in [0.25, 0.3) is 10.9 Å². The number of fused-ring (bicyclic) bond motifs is 1. The molecule has 1 amide bonds. The molecule has 2 aromatic heterocycles. The third kappa shape index (κ3) is 5.39. The summed E-state index contributed by atoms with van der Waals surface area (Å²) in [4.78, 5) is 22.9. The van der Waals surface area contributed by atoms with Crippen LogP contribution in [-0.4, -0.2) is 51.5 Å². The highest BCUT2D eigenvalue weighted by Gasteiger charge is 2.24. The van der Waals surface area contributed by atoms with Gasteiger partial charge in [-0.05, 0) is 43.1 Å². The van der Waals surface area contributed by atoms with Crippen LogP contribution in [0.1, 0.15) is 49.4 Å². The molecule has 4 aromatic rings. The van der Waals surface area contributed by atoms with Crippen LogP contribution in [0.3, 0.4) is 0 Å². The average molecular weight is 458 g/mol. The molecule has 1 aliphatic heterocycles. The summed E-state index contributed by atoms with van der Waals surface area (Å²) in [6.45, 7) is 4.71. The highest BCUT2D eigenvalue weighted by Crippen LogP contribution is 2.34. The molecule has 0 spiro atoms. The molecule has 3 heterocycles. The van der Waals surface area contributed by atoms with Gasteiger partial charge in [-0.1, -0.05) is 56.0 Å². The fourth-order valence-corrected chi connectivity index (χ4v) is 4.93. The van der Waals surface area contributed by atoms with Crippen LogP contribution < -0.4 is 5.32 Å². The molecule has 1 saturated heterocycles. The number of aromatic amines is 1. The Morgan fingerprint density at radius 2 is 1.82 bits per heavy atom. The number of hydrogen-bond acceptors (Lipinski definition) is 3. The molecule has 0 bridgehead atoms. The molecule has 6 nitrogen and oxygen atoms in total. The molecular weight excluding hydrogens is 422 g/mol. The lowest BCUT2D eigenvalue weighted by Crippen LogP contribution is -2.34. The molecule has 2 aromatic carbocycles. The van der Waals surface area contributed by atoms with E-state index in [2.05, 4.69) is 79.5 Å². The van der Waals surface area contributed by atoms with Crippen LogP contribution in [0.5, 0.6) is 0 Å². The van der Waals surface area contributed by atoms with Crippen molar-refractivity contribution in [2.75, 3.05) is 26.2 Å². The average Bonchev–Trinajstić information content (AvgIpc) is 3.61. The zero-order valence-corrected chi connectivity index (χ0v) is 18.9. The highest BCUT2D eigenvalue weighted by atomic mass is 16.1. The second-order valence-electron chi connectivity index (χ2n) is 8.88. The summed E-state index contributed by atoms with van der Waals surface area (Å²) >= 11 is 0. The van der Waals surface area contributed by atoms with Crippen molar-refractivity contribution in [3.63, 3.8) is 0 Å². The first-order valence-corrected chi connectivity index (χ1v) is 11.9. The van der Waals surface area contributed by atoms with E-state index in [0.717, 1.165) is 37.4 Å². The number of carbonyl (C=O) groups is 1. The minimum Gasteiger partial charge on any atom is -0.355 e. The third-order valence-corrected chi connectivity index (χ3v) is 6.62. The van der Waals surface area contributed by atoms with Gasteiger partial charge in [0.2, 0.25) is 5.91 Å². The minimum absolute atomic E-state index is 0. The molecule has 178 valence electrons. The Labute approximate surface area is 202 Å². The zero-order chi connectivity index (χ0) is 22.5. The van der Waals surface area contributed by atoms with Gasteiger partial charge in [0.15, 0.2) is 0 Å². The van der Waals surface area contributed by atoms with Gasteiger partial charge < -0.3 is 19.8 Å². The topological polar surface area (TPSA) is 66.0 Å². The first-order valence-electron chi connectivity index (χ1n) is 11.9. The molecule has 2 N–H and O–H groups in total. The van der Waals surface area contributed by atoms with Crippen LogP contribution in [0, 0.1) is 0 Å². The largest absolute Gasteiger partial charge is 0.355 e. The summed E-state index contributed by atoms with van der Waals surface area (Å²) < 4.78 is 2.29. The third-order valence-electron chi connectivity index (χ3n) is 6.62. The SMILES string of the molecule is C.O=C(CC(c1cnc[nH]1)c1cn(Cc2ccccc2)c2ccccc12)NCCN1CCCC1. The number of para-hydroxylation sites is 1. The predicted octanol–water partition coefficient (Wildman–Crippen LogP) is 4.78. The molecule has 1 aliphatic rings. The Morgan fingerprint density at radius 3 is 2.59 bits per heavy atom. The molecular formula is C28H35N5O. The molecule has 1 unspecified atom stereocenters. The number of hydrogen-bond donors (Lipinski definition) is 2. The number of H-pyrrole nitrogens is 1. The van der Waals surface area contributed by atoms with Crippen LogP contribution >= 0.6 is 0 Å². The van der Waals surface area contributed by atoms with E-state index in [1.165, 1.54) is 29.3 Å². The van der Waals surface area contributed by atoms with E-state index < -0.39 is 0 Å². The molecule has 1 fully saturated rings. The summed E-state index contributed by atoms with van der Waals surface area (Å²) in [6.07, 6.45) is 8.66. The number of benzene rings is 2. The van der Waals surface area contributed by atoms with Gasteiger partial charge in [-0.25, -0.2) is 4.98 Å². The number of imidazole rings is 1. The van der Waals surface area contributed by atoms with Crippen LogP contribution in [0.2, 0.25) is 0 Å². The highest BCUT2D eigenvalue weighted by molar-refractivity contribution is 5.86. The van der Waals surface area contributed by atoms with Gasteiger partial charge in [-0.15, -0.1) is 0 Å². The van der Waals surface area contributed by atoms with Gasteiger partial charge in [-0.2, -0.15) is 0 Å². The summed E-state index contributed by atoms with van der Waals surface area (Å²) in [7, 11) is 0. The van der Waals surface area contributed by atoms with E-state index in [9.17, 15) is 4.79 Å². The van der Waals surface area contributed by atoms with E-state index in [0.29, 0.717) is 13.0 Å². The lowest BCUT2D eigenvalue weighted by molar-refractivity contribution is -0.121. The van der Waals surface area contributed by atoms with E-state index in [1.807, 2.05) is 12.3 Å². The Kier molecular flexibility index (Phi) is 7.80. The Morgan fingerprint density at radius 1 is 1.06 bits per heavy atom. The number of aromatic nitrogens is 3.